The van der Waals surface area contributed by atoms with Crippen LogP contribution in [0.4, 0.5) is 0 Å². The van der Waals surface area contributed by atoms with Crippen LogP contribution in [-0.2, 0) is 0 Å². The van der Waals surface area contributed by atoms with Gasteiger partial charge in [-0.1, -0.05) is 27.7 Å². The van der Waals surface area contributed by atoms with Crippen molar-refractivity contribution in [2.24, 2.45) is 23.7 Å². The van der Waals surface area contributed by atoms with Gasteiger partial charge in [-0.3, -0.25) is 0 Å². The predicted octanol–water partition coefficient (Wildman–Crippen LogP) is 4.36. The zero-order chi connectivity index (χ0) is 16.2. The molecule has 0 aliphatic carbocycles. The highest BCUT2D eigenvalue weighted by Crippen LogP contribution is 2.25. The van der Waals surface area contributed by atoms with Crippen molar-refractivity contribution in [3.63, 3.8) is 0 Å². The summed E-state index contributed by atoms with van der Waals surface area (Å²) in [6.45, 7) is 23.7. The van der Waals surface area contributed by atoms with Crippen molar-refractivity contribution in [1.82, 2.24) is 9.80 Å². The third kappa shape index (κ3) is 6.28. The van der Waals surface area contributed by atoms with Gasteiger partial charge in [0.15, 0.2) is 0 Å². The Labute approximate surface area is 134 Å². The number of nitrogens with zero attached hydrogens (tertiary/aromatic N) is 2. The second-order valence-corrected chi connectivity index (χ2v) is 8.59. The summed E-state index contributed by atoms with van der Waals surface area (Å²) in [4.78, 5) is 5.08. The lowest BCUT2D eigenvalue weighted by Crippen LogP contribution is -2.51. The lowest BCUT2D eigenvalue weighted by atomic mass is 9.87. The minimum atomic E-state index is 0.759. The summed E-state index contributed by atoms with van der Waals surface area (Å²) in [5, 5.41) is 0. The Morgan fingerprint density at radius 3 is 1.48 bits per heavy atom. The zero-order valence-corrected chi connectivity index (χ0v) is 15.9. The first-order chi connectivity index (χ1) is 9.70. The lowest BCUT2D eigenvalue weighted by Gasteiger charge is -2.44. The van der Waals surface area contributed by atoms with Crippen molar-refractivity contribution in [3.05, 3.63) is 0 Å². The molecule has 0 N–H and O–H groups in total. The Balaban J connectivity index is 0.000000211. The van der Waals surface area contributed by atoms with E-state index in [0.717, 1.165) is 35.8 Å². The van der Waals surface area contributed by atoms with E-state index in [1.165, 1.54) is 32.6 Å². The highest BCUT2D eigenvalue weighted by molar-refractivity contribution is 4.83. The minimum Gasteiger partial charge on any atom is -0.300 e. The Kier molecular flexibility index (Phi) is 7.70. The first-order valence-corrected chi connectivity index (χ1v) is 9.18. The fraction of sp³-hybridized carbons (Fsp3) is 1.00. The molecule has 126 valence electrons. The molecule has 2 heteroatoms. The van der Waals surface area contributed by atoms with Crippen LogP contribution in [0.25, 0.3) is 0 Å². The Bertz CT molecular complexity index is 259. The first kappa shape index (κ1) is 19.0. The fourth-order valence-corrected chi connectivity index (χ4v) is 3.24. The van der Waals surface area contributed by atoms with E-state index in [1.807, 2.05) is 0 Å². The molecule has 21 heavy (non-hydrogen) atoms. The maximum atomic E-state index is 2.55. The van der Waals surface area contributed by atoms with Gasteiger partial charge in [-0.15, -0.1) is 0 Å². The van der Waals surface area contributed by atoms with Crippen molar-refractivity contribution in [3.8, 4) is 0 Å². The summed E-state index contributed by atoms with van der Waals surface area (Å²) in [6.07, 6.45) is 1.42. The molecule has 0 aromatic heterocycles. The molecule has 0 unspecified atom stereocenters. The van der Waals surface area contributed by atoms with Gasteiger partial charge in [-0.25, -0.2) is 0 Å². The van der Waals surface area contributed by atoms with Gasteiger partial charge < -0.3 is 9.80 Å². The maximum Gasteiger partial charge on any atom is 0.00388 e. The van der Waals surface area contributed by atoms with Gasteiger partial charge in [0, 0.05) is 38.3 Å². The van der Waals surface area contributed by atoms with Crippen molar-refractivity contribution >= 4 is 0 Å². The molecule has 2 aliphatic heterocycles. The molecule has 0 aromatic carbocycles. The normalized spacial score (nSPS) is 21.7. The maximum absolute atomic E-state index is 2.55. The van der Waals surface area contributed by atoms with Crippen molar-refractivity contribution in [2.75, 3.05) is 26.2 Å². The average Bonchev–Trinajstić information content (AvgIpc) is 2.19. The van der Waals surface area contributed by atoms with Crippen molar-refractivity contribution in [1.29, 1.82) is 0 Å². The molecule has 0 saturated carbocycles. The smallest absolute Gasteiger partial charge is 0.00388 e. The van der Waals surface area contributed by atoms with E-state index in [2.05, 4.69) is 65.2 Å². The zero-order valence-electron chi connectivity index (χ0n) is 15.9. The molecule has 0 radical (unpaired) electrons. The molecular formula is C19H40N2. The summed E-state index contributed by atoms with van der Waals surface area (Å²) in [6, 6.07) is 1.52. The van der Waals surface area contributed by atoms with E-state index in [0.29, 0.717) is 0 Å². The van der Waals surface area contributed by atoms with Crippen LogP contribution in [-0.4, -0.2) is 48.1 Å². The molecule has 0 spiro atoms. The van der Waals surface area contributed by atoms with Crippen LogP contribution in [0.1, 0.15) is 61.8 Å². The molecule has 2 rings (SSSR count). The van der Waals surface area contributed by atoms with Gasteiger partial charge in [-0.05, 0) is 57.8 Å². The van der Waals surface area contributed by atoms with E-state index in [-0.39, 0.29) is 0 Å². The SMILES string of the molecule is CC(C)C1CN(C(C)C)C1.CC(C)CC1CN(C(C)C)C1. The molecule has 0 bridgehead atoms. The van der Waals surface area contributed by atoms with Crippen molar-refractivity contribution in [2.45, 2.75) is 73.9 Å². The highest BCUT2D eigenvalue weighted by atomic mass is 15.2. The monoisotopic (exact) mass is 296 g/mol. The average molecular weight is 297 g/mol. The molecule has 0 amide bonds. The van der Waals surface area contributed by atoms with Crippen LogP contribution < -0.4 is 0 Å². The Hall–Kier alpha value is -0.0800. The van der Waals surface area contributed by atoms with Gasteiger partial charge in [0.2, 0.25) is 0 Å². The summed E-state index contributed by atoms with van der Waals surface area (Å²) in [5.41, 5.74) is 0. The number of rotatable bonds is 5. The van der Waals surface area contributed by atoms with Gasteiger partial charge in [-0.2, -0.15) is 0 Å². The topological polar surface area (TPSA) is 6.48 Å². The standard InChI is InChI=1S/C10H21N.C9H19N/c1-8(2)5-10-6-11(7-10)9(3)4;1-7(2)9-5-10(6-9)8(3)4/h8-10H,5-7H2,1-4H3;7-9H,5-6H2,1-4H3. The van der Waals surface area contributed by atoms with E-state index >= 15 is 0 Å². The molecule has 2 aliphatic rings. The largest absolute Gasteiger partial charge is 0.300 e. The third-order valence-electron chi connectivity index (χ3n) is 5.13. The molecule has 2 fully saturated rings. The van der Waals surface area contributed by atoms with Crippen LogP contribution in [0.3, 0.4) is 0 Å². The number of likely N-dealkylation sites (tertiary alicyclic amines) is 2. The van der Waals surface area contributed by atoms with Crippen LogP contribution in [0.2, 0.25) is 0 Å². The Morgan fingerprint density at radius 1 is 0.714 bits per heavy atom. The molecule has 2 nitrogen and oxygen atoms in total. The van der Waals surface area contributed by atoms with Gasteiger partial charge >= 0.3 is 0 Å². The number of hydrogen-bond acceptors (Lipinski definition) is 2. The van der Waals surface area contributed by atoms with E-state index in [9.17, 15) is 0 Å². The third-order valence-corrected chi connectivity index (χ3v) is 5.13. The highest BCUT2D eigenvalue weighted by Gasteiger charge is 2.30. The van der Waals surface area contributed by atoms with Crippen LogP contribution in [0, 0.1) is 23.7 Å². The van der Waals surface area contributed by atoms with Crippen molar-refractivity contribution < 1.29 is 0 Å². The van der Waals surface area contributed by atoms with E-state index in [4.69, 9.17) is 0 Å². The summed E-state index contributed by atoms with van der Waals surface area (Å²) in [5.74, 6) is 3.74. The Morgan fingerprint density at radius 2 is 1.14 bits per heavy atom. The summed E-state index contributed by atoms with van der Waals surface area (Å²) >= 11 is 0. The summed E-state index contributed by atoms with van der Waals surface area (Å²) < 4.78 is 0. The van der Waals surface area contributed by atoms with Crippen LogP contribution in [0.15, 0.2) is 0 Å². The quantitative estimate of drug-likeness (QED) is 0.744. The summed E-state index contributed by atoms with van der Waals surface area (Å²) in [7, 11) is 0. The van der Waals surface area contributed by atoms with Crippen LogP contribution >= 0.6 is 0 Å². The van der Waals surface area contributed by atoms with E-state index in [1.54, 1.807) is 0 Å². The fourth-order valence-electron chi connectivity index (χ4n) is 3.24. The molecule has 2 heterocycles. The molecular weight excluding hydrogens is 256 g/mol. The second-order valence-electron chi connectivity index (χ2n) is 8.59. The lowest BCUT2D eigenvalue weighted by molar-refractivity contribution is 0.0408. The van der Waals surface area contributed by atoms with E-state index < -0.39 is 0 Å². The predicted molar refractivity (Wildman–Crippen MR) is 94.7 cm³/mol. The van der Waals surface area contributed by atoms with Gasteiger partial charge in [0.25, 0.3) is 0 Å². The minimum absolute atomic E-state index is 0.759. The first-order valence-electron chi connectivity index (χ1n) is 9.18. The second kappa shape index (κ2) is 8.53. The van der Waals surface area contributed by atoms with Crippen LogP contribution in [0.5, 0.6) is 0 Å². The number of hydrogen-bond donors (Lipinski definition) is 0. The van der Waals surface area contributed by atoms with Gasteiger partial charge in [0.1, 0.15) is 0 Å². The van der Waals surface area contributed by atoms with Gasteiger partial charge in [0.05, 0.1) is 0 Å². The molecule has 2 saturated heterocycles. The molecule has 0 atom stereocenters. The molecule has 0 aromatic rings.